The van der Waals surface area contributed by atoms with Crippen molar-refractivity contribution >= 4 is 34.9 Å². The molecule has 0 radical (unpaired) electrons. The number of amides is 1. The number of Topliss-reactive ketones (excluding diaryl/α,β-unsaturated/α-hetero) is 1. The zero-order chi connectivity index (χ0) is 20.8. The number of pyridine rings is 1. The molecule has 0 aliphatic rings. The van der Waals surface area contributed by atoms with Gasteiger partial charge in [-0.25, -0.2) is 9.78 Å². The number of ether oxygens (including phenoxy) is 1. The zero-order valence-corrected chi connectivity index (χ0v) is 15.9. The zero-order valence-electron chi connectivity index (χ0n) is 15.9. The van der Waals surface area contributed by atoms with E-state index < -0.39 is 5.97 Å². The number of aromatic nitrogens is 1. The van der Waals surface area contributed by atoms with Gasteiger partial charge in [-0.05, 0) is 67.6 Å². The molecular weight excluding hydrogens is 370 g/mol. The molecule has 3 rings (SSSR count). The van der Waals surface area contributed by atoms with E-state index in [0.717, 1.165) is 5.69 Å². The molecule has 1 aromatic heterocycles. The van der Waals surface area contributed by atoms with Crippen LogP contribution >= 0.6 is 0 Å². The third-order valence-electron chi connectivity index (χ3n) is 4.15. The van der Waals surface area contributed by atoms with E-state index in [2.05, 4.69) is 20.4 Å². The predicted octanol–water partition coefficient (Wildman–Crippen LogP) is 4.07. The molecule has 2 N–H and O–H groups in total. The van der Waals surface area contributed by atoms with Crippen LogP contribution in [-0.4, -0.2) is 29.8 Å². The van der Waals surface area contributed by atoms with Gasteiger partial charge in [-0.1, -0.05) is 0 Å². The molecule has 1 heterocycles. The van der Waals surface area contributed by atoms with Crippen molar-refractivity contribution in [3.63, 3.8) is 0 Å². The number of nitrogens with one attached hydrogen (secondary N) is 2. The van der Waals surface area contributed by atoms with E-state index in [1.54, 1.807) is 60.7 Å². The van der Waals surface area contributed by atoms with Crippen LogP contribution in [0.3, 0.4) is 0 Å². The number of hydrogen-bond donors (Lipinski definition) is 2. The molecule has 29 heavy (non-hydrogen) atoms. The molecule has 0 aliphatic carbocycles. The van der Waals surface area contributed by atoms with Crippen LogP contribution in [0.1, 0.15) is 38.0 Å². The van der Waals surface area contributed by atoms with Crippen molar-refractivity contribution in [3.05, 3.63) is 83.6 Å². The van der Waals surface area contributed by atoms with Gasteiger partial charge in [0.15, 0.2) is 5.78 Å². The second-order valence-electron chi connectivity index (χ2n) is 6.21. The van der Waals surface area contributed by atoms with E-state index in [9.17, 15) is 14.4 Å². The molecule has 2 aromatic carbocycles. The second kappa shape index (κ2) is 8.79. The van der Waals surface area contributed by atoms with Gasteiger partial charge in [0.05, 0.1) is 12.7 Å². The SMILES string of the molecule is COC(=O)c1ccc(NC(=O)c2ccnc(Nc3ccc(C(C)=O)cc3)c2)cc1. The largest absolute Gasteiger partial charge is 0.465 e. The number of benzene rings is 2. The van der Waals surface area contributed by atoms with Gasteiger partial charge in [-0.2, -0.15) is 0 Å². The second-order valence-corrected chi connectivity index (χ2v) is 6.21. The van der Waals surface area contributed by atoms with Crippen molar-refractivity contribution in [1.82, 2.24) is 4.98 Å². The number of anilines is 3. The van der Waals surface area contributed by atoms with Crippen LogP contribution in [0.2, 0.25) is 0 Å². The summed E-state index contributed by atoms with van der Waals surface area (Å²) in [5.74, 6) is -0.264. The number of methoxy groups -OCH3 is 1. The van der Waals surface area contributed by atoms with Gasteiger partial charge in [-0.15, -0.1) is 0 Å². The van der Waals surface area contributed by atoms with E-state index in [-0.39, 0.29) is 11.7 Å². The Morgan fingerprint density at radius 2 is 1.45 bits per heavy atom. The average molecular weight is 389 g/mol. The summed E-state index contributed by atoms with van der Waals surface area (Å²) in [5, 5.41) is 5.87. The van der Waals surface area contributed by atoms with Crippen LogP contribution in [0.4, 0.5) is 17.2 Å². The highest BCUT2D eigenvalue weighted by molar-refractivity contribution is 6.05. The van der Waals surface area contributed by atoms with Crippen LogP contribution in [-0.2, 0) is 4.74 Å². The summed E-state index contributed by atoms with van der Waals surface area (Å²) < 4.78 is 4.65. The van der Waals surface area contributed by atoms with E-state index in [0.29, 0.717) is 28.2 Å². The molecule has 0 aliphatic heterocycles. The number of ketones is 1. The quantitative estimate of drug-likeness (QED) is 0.487. The lowest BCUT2D eigenvalue weighted by Gasteiger charge is -2.09. The topological polar surface area (TPSA) is 97.4 Å². The Hall–Kier alpha value is -4.00. The Labute approximate surface area is 167 Å². The van der Waals surface area contributed by atoms with E-state index in [1.807, 2.05) is 0 Å². The Morgan fingerprint density at radius 1 is 0.828 bits per heavy atom. The monoisotopic (exact) mass is 389 g/mol. The van der Waals surface area contributed by atoms with Gasteiger partial charge >= 0.3 is 5.97 Å². The average Bonchev–Trinajstić information content (AvgIpc) is 2.74. The maximum atomic E-state index is 12.5. The lowest BCUT2D eigenvalue weighted by molar-refractivity contribution is 0.0600. The van der Waals surface area contributed by atoms with Gasteiger partial charge in [0.2, 0.25) is 0 Å². The Kier molecular flexibility index (Phi) is 5.99. The minimum Gasteiger partial charge on any atom is -0.465 e. The lowest BCUT2D eigenvalue weighted by Crippen LogP contribution is -2.12. The predicted molar refractivity (Wildman–Crippen MR) is 110 cm³/mol. The highest BCUT2D eigenvalue weighted by Crippen LogP contribution is 2.18. The molecule has 7 heteroatoms. The molecule has 0 saturated heterocycles. The molecular formula is C22H19N3O4. The van der Waals surface area contributed by atoms with Crippen LogP contribution in [0.15, 0.2) is 66.9 Å². The van der Waals surface area contributed by atoms with Crippen molar-refractivity contribution in [1.29, 1.82) is 0 Å². The summed E-state index contributed by atoms with van der Waals surface area (Å²) in [7, 11) is 1.31. The van der Waals surface area contributed by atoms with E-state index >= 15 is 0 Å². The van der Waals surface area contributed by atoms with Gasteiger partial charge in [0, 0.05) is 28.7 Å². The first kappa shape index (κ1) is 19.8. The standard InChI is InChI=1S/C22H19N3O4/c1-14(26)15-3-7-18(8-4-15)24-20-13-17(11-12-23-20)21(27)25-19-9-5-16(6-10-19)22(28)29-2/h3-13H,1-2H3,(H,23,24)(H,25,27). The third kappa shape index (κ3) is 5.04. The first-order valence-corrected chi connectivity index (χ1v) is 8.80. The Bertz CT molecular complexity index is 1040. The number of carbonyl (C=O) groups excluding carboxylic acids is 3. The summed E-state index contributed by atoms with van der Waals surface area (Å²) in [6.45, 7) is 1.51. The van der Waals surface area contributed by atoms with E-state index in [1.165, 1.54) is 20.2 Å². The first-order chi connectivity index (χ1) is 14.0. The fraction of sp³-hybridized carbons (Fsp3) is 0.0909. The molecule has 146 valence electrons. The molecule has 3 aromatic rings. The van der Waals surface area contributed by atoms with E-state index in [4.69, 9.17) is 0 Å². The number of rotatable bonds is 6. The van der Waals surface area contributed by atoms with Crippen molar-refractivity contribution in [2.24, 2.45) is 0 Å². The van der Waals surface area contributed by atoms with Gasteiger partial charge in [-0.3, -0.25) is 9.59 Å². The molecule has 0 atom stereocenters. The molecule has 0 saturated carbocycles. The molecule has 0 spiro atoms. The molecule has 0 unspecified atom stereocenters. The summed E-state index contributed by atoms with van der Waals surface area (Å²) in [6, 6.07) is 16.6. The van der Waals surface area contributed by atoms with Crippen LogP contribution in [0.5, 0.6) is 0 Å². The van der Waals surface area contributed by atoms with Crippen LogP contribution in [0, 0.1) is 0 Å². The highest BCUT2D eigenvalue weighted by atomic mass is 16.5. The van der Waals surface area contributed by atoms with Gasteiger partial charge in [0.1, 0.15) is 5.82 Å². The fourth-order valence-electron chi connectivity index (χ4n) is 2.59. The minimum atomic E-state index is -0.441. The molecule has 1 amide bonds. The normalized spacial score (nSPS) is 10.1. The summed E-state index contributed by atoms with van der Waals surface area (Å²) >= 11 is 0. The number of carbonyl (C=O) groups is 3. The third-order valence-corrected chi connectivity index (χ3v) is 4.15. The van der Waals surface area contributed by atoms with Crippen molar-refractivity contribution in [2.45, 2.75) is 6.92 Å². The van der Waals surface area contributed by atoms with Crippen molar-refractivity contribution in [2.75, 3.05) is 17.7 Å². The first-order valence-electron chi connectivity index (χ1n) is 8.80. The maximum absolute atomic E-state index is 12.5. The molecule has 0 bridgehead atoms. The fourth-order valence-corrected chi connectivity index (χ4v) is 2.59. The Morgan fingerprint density at radius 3 is 2.07 bits per heavy atom. The summed E-state index contributed by atoms with van der Waals surface area (Å²) in [5.41, 5.74) is 2.73. The smallest absolute Gasteiger partial charge is 0.337 e. The summed E-state index contributed by atoms with van der Waals surface area (Å²) in [4.78, 5) is 39.5. The molecule has 0 fully saturated rings. The van der Waals surface area contributed by atoms with Crippen LogP contribution < -0.4 is 10.6 Å². The van der Waals surface area contributed by atoms with Crippen molar-refractivity contribution in [3.8, 4) is 0 Å². The van der Waals surface area contributed by atoms with Crippen LogP contribution in [0.25, 0.3) is 0 Å². The highest BCUT2D eigenvalue weighted by Gasteiger charge is 2.10. The van der Waals surface area contributed by atoms with Gasteiger partial charge in [0.25, 0.3) is 5.91 Å². The maximum Gasteiger partial charge on any atom is 0.337 e. The number of esters is 1. The number of hydrogen-bond acceptors (Lipinski definition) is 6. The minimum absolute atomic E-state index is 0.00652. The van der Waals surface area contributed by atoms with Gasteiger partial charge < -0.3 is 15.4 Å². The number of nitrogens with zero attached hydrogens (tertiary/aromatic N) is 1. The lowest BCUT2D eigenvalue weighted by atomic mass is 10.1. The summed E-state index contributed by atoms with van der Waals surface area (Å²) in [6.07, 6.45) is 1.53. The van der Waals surface area contributed by atoms with Crippen molar-refractivity contribution < 1.29 is 19.1 Å². The molecule has 7 nitrogen and oxygen atoms in total. The Balaban J connectivity index is 1.69.